The number of nitrogens with zero attached hydrogens (tertiary/aromatic N) is 4. The summed E-state index contributed by atoms with van der Waals surface area (Å²) < 4.78 is 0. The number of fused-ring (bicyclic) bond motifs is 3. The van der Waals surface area contributed by atoms with Crippen molar-refractivity contribution in [2.45, 2.75) is 37.5 Å². The maximum Gasteiger partial charge on any atom is 0.164 e. The van der Waals surface area contributed by atoms with E-state index in [9.17, 15) is 5.26 Å². The molecule has 4 bridgehead atoms. The van der Waals surface area contributed by atoms with E-state index in [0.717, 1.165) is 51.5 Å². The standard InChI is InChI=1S/C50H38N4/c51-30-39-12-4-5-17-42(39)36-14-9-16-38(28-36)49-53-47(33-10-2-1-3-11-33)52-48(54-49)37-15-8-13-34(27-37)35-20-21-44-43-18-6-7-19-45(43)50(46(44)29-35)40-23-31-22-32(25-40)26-41(50)24-31/h1-21,27-29,31-32,40-41H,22-26H2. The third-order valence-electron chi connectivity index (χ3n) is 13.2. The molecule has 1 spiro atoms. The number of hydrogen-bond donors (Lipinski definition) is 0. The lowest BCUT2D eigenvalue weighted by Gasteiger charge is -2.61. The summed E-state index contributed by atoms with van der Waals surface area (Å²) in [6.07, 6.45) is 6.95. The van der Waals surface area contributed by atoms with Gasteiger partial charge in [0.15, 0.2) is 17.5 Å². The SMILES string of the molecule is N#Cc1ccccc1-c1cccc(-c2nc(-c3ccccc3)nc(-c3cccc(-c4ccc5c(c4)C4(c6ccccc6-5)C5CC6CC(C5)CC4C6)c3)n2)c1. The third kappa shape index (κ3) is 4.78. The van der Waals surface area contributed by atoms with Gasteiger partial charge in [0.2, 0.25) is 0 Å². The van der Waals surface area contributed by atoms with Crippen molar-refractivity contribution >= 4 is 0 Å². The average Bonchev–Trinajstić information content (AvgIpc) is 3.53. The van der Waals surface area contributed by atoms with Crippen molar-refractivity contribution < 1.29 is 0 Å². The van der Waals surface area contributed by atoms with Crippen molar-refractivity contribution in [3.63, 3.8) is 0 Å². The minimum Gasteiger partial charge on any atom is -0.208 e. The monoisotopic (exact) mass is 694 g/mol. The van der Waals surface area contributed by atoms with Gasteiger partial charge in [0.25, 0.3) is 0 Å². The van der Waals surface area contributed by atoms with Crippen LogP contribution >= 0.6 is 0 Å². The highest BCUT2D eigenvalue weighted by Gasteiger charge is 2.61. The number of nitriles is 1. The summed E-state index contributed by atoms with van der Waals surface area (Å²) in [6.45, 7) is 0. The van der Waals surface area contributed by atoms with E-state index < -0.39 is 0 Å². The second kappa shape index (κ2) is 12.2. The van der Waals surface area contributed by atoms with Gasteiger partial charge in [-0.05, 0) is 125 Å². The molecule has 7 aromatic rings. The molecule has 1 heterocycles. The molecule has 4 heteroatoms. The summed E-state index contributed by atoms with van der Waals surface area (Å²) in [5.74, 6) is 5.14. The predicted octanol–water partition coefficient (Wildman–Crippen LogP) is 11.8. The van der Waals surface area contributed by atoms with Gasteiger partial charge < -0.3 is 0 Å². The molecule has 0 saturated heterocycles. The van der Waals surface area contributed by atoms with E-state index in [1.807, 2.05) is 72.8 Å². The van der Waals surface area contributed by atoms with E-state index in [2.05, 4.69) is 78.9 Å². The Morgan fingerprint density at radius 2 is 0.944 bits per heavy atom. The maximum atomic E-state index is 9.81. The number of benzene rings is 6. The van der Waals surface area contributed by atoms with Gasteiger partial charge in [0.05, 0.1) is 11.6 Å². The molecule has 6 aromatic carbocycles. The van der Waals surface area contributed by atoms with Gasteiger partial charge in [0, 0.05) is 22.1 Å². The van der Waals surface area contributed by atoms with E-state index in [1.54, 1.807) is 11.1 Å². The highest BCUT2D eigenvalue weighted by atomic mass is 15.0. The van der Waals surface area contributed by atoms with Gasteiger partial charge in [-0.25, -0.2) is 15.0 Å². The fraction of sp³-hybridized carbons (Fsp3) is 0.200. The molecule has 0 unspecified atom stereocenters. The molecule has 4 fully saturated rings. The fourth-order valence-electron chi connectivity index (χ4n) is 11.2. The lowest BCUT2D eigenvalue weighted by Crippen LogP contribution is -2.55. The molecule has 0 aliphatic heterocycles. The second-order valence-electron chi connectivity index (χ2n) is 16.0. The van der Waals surface area contributed by atoms with Gasteiger partial charge in [0.1, 0.15) is 0 Å². The minimum atomic E-state index is 0.128. The Morgan fingerprint density at radius 1 is 0.426 bits per heavy atom. The molecule has 0 amide bonds. The Hall–Kier alpha value is -6.18. The van der Waals surface area contributed by atoms with Crippen LogP contribution in [0.1, 0.15) is 48.8 Å². The van der Waals surface area contributed by atoms with Crippen LogP contribution in [-0.4, -0.2) is 15.0 Å². The van der Waals surface area contributed by atoms with Gasteiger partial charge in [-0.1, -0.05) is 121 Å². The molecule has 12 rings (SSSR count). The first kappa shape index (κ1) is 31.4. The molecule has 1 aromatic heterocycles. The molecule has 0 atom stereocenters. The Balaban J connectivity index is 1.03. The summed E-state index contributed by atoms with van der Waals surface area (Å²) in [6, 6.07) is 53.6. The van der Waals surface area contributed by atoms with Crippen molar-refractivity contribution in [3.05, 3.63) is 162 Å². The molecular weight excluding hydrogens is 657 g/mol. The van der Waals surface area contributed by atoms with Gasteiger partial charge >= 0.3 is 0 Å². The van der Waals surface area contributed by atoms with Crippen LogP contribution in [0, 0.1) is 35.0 Å². The summed E-state index contributed by atoms with van der Waals surface area (Å²) >= 11 is 0. The summed E-state index contributed by atoms with van der Waals surface area (Å²) in [5, 5.41) is 9.81. The lowest BCUT2D eigenvalue weighted by molar-refractivity contribution is -0.0399. The zero-order valence-electron chi connectivity index (χ0n) is 30.0. The lowest BCUT2D eigenvalue weighted by atomic mass is 9.43. The molecule has 0 radical (unpaired) electrons. The first-order valence-electron chi connectivity index (χ1n) is 19.4. The smallest absolute Gasteiger partial charge is 0.164 e. The van der Waals surface area contributed by atoms with Gasteiger partial charge in [-0.15, -0.1) is 0 Å². The van der Waals surface area contributed by atoms with E-state index in [-0.39, 0.29) is 5.41 Å². The predicted molar refractivity (Wildman–Crippen MR) is 215 cm³/mol. The van der Waals surface area contributed by atoms with Crippen LogP contribution in [-0.2, 0) is 5.41 Å². The van der Waals surface area contributed by atoms with Crippen molar-refractivity contribution in [3.8, 4) is 73.6 Å². The largest absolute Gasteiger partial charge is 0.208 e. The minimum absolute atomic E-state index is 0.128. The van der Waals surface area contributed by atoms with E-state index in [4.69, 9.17) is 15.0 Å². The average molecular weight is 695 g/mol. The first-order valence-corrected chi connectivity index (χ1v) is 19.4. The molecule has 258 valence electrons. The maximum absolute atomic E-state index is 9.81. The summed E-state index contributed by atoms with van der Waals surface area (Å²) in [7, 11) is 0. The van der Waals surface area contributed by atoms with Gasteiger partial charge in [-0.2, -0.15) is 5.26 Å². The van der Waals surface area contributed by atoms with Crippen LogP contribution in [0.15, 0.2) is 146 Å². The molecule has 4 saturated carbocycles. The van der Waals surface area contributed by atoms with Gasteiger partial charge in [-0.3, -0.25) is 0 Å². The van der Waals surface area contributed by atoms with Crippen LogP contribution in [0.4, 0.5) is 0 Å². The fourth-order valence-corrected chi connectivity index (χ4v) is 11.2. The first-order chi connectivity index (χ1) is 26.7. The quantitative estimate of drug-likeness (QED) is 0.180. The van der Waals surface area contributed by atoms with Crippen LogP contribution < -0.4 is 0 Å². The molecular formula is C50H38N4. The van der Waals surface area contributed by atoms with Crippen molar-refractivity contribution in [2.75, 3.05) is 0 Å². The van der Waals surface area contributed by atoms with Crippen molar-refractivity contribution in [1.82, 2.24) is 15.0 Å². The topological polar surface area (TPSA) is 62.5 Å². The Morgan fingerprint density at radius 3 is 1.65 bits per heavy atom. The second-order valence-corrected chi connectivity index (χ2v) is 16.0. The van der Waals surface area contributed by atoms with E-state index in [1.165, 1.54) is 54.4 Å². The van der Waals surface area contributed by atoms with Crippen LogP contribution in [0.3, 0.4) is 0 Å². The molecule has 0 N–H and O–H groups in total. The Kier molecular flexibility index (Phi) is 7.07. The molecule has 5 aliphatic carbocycles. The third-order valence-corrected chi connectivity index (χ3v) is 13.2. The number of aromatic nitrogens is 3. The molecule has 4 nitrogen and oxygen atoms in total. The van der Waals surface area contributed by atoms with Crippen LogP contribution in [0.2, 0.25) is 0 Å². The highest BCUT2D eigenvalue weighted by molar-refractivity contribution is 5.85. The van der Waals surface area contributed by atoms with Crippen molar-refractivity contribution in [2.24, 2.45) is 23.7 Å². The summed E-state index contributed by atoms with van der Waals surface area (Å²) in [4.78, 5) is 15.2. The van der Waals surface area contributed by atoms with Crippen LogP contribution in [0.25, 0.3) is 67.5 Å². The Bertz CT molecular complexity index is 2620. The van der Waals surface area contributed by atoms with Crippen LogP contribution in [0.5, 0.6) is 0 Å². The summed E-state index contributed by atoms with van der Waals surface area (Å²) in [5.41, 5.74) is 13.8. The van der Waals surface area contributed by atoms with E-state index in [0.29, 0.717) is 23.0 Å². The van der Waals surface area contributed by atoms with E-state index >= 15 is 0 Å². The Labute approximate surface area is 316 Å². The molecule has 5 aliphatic rings. The highest BCUT2D eigenvalue weighted by Crippen LogP contribution is 2.69. The molecule has 54 heavy (non-hydrogen) atoms. The van der Waals surface area contributed by atoms with Crippen molar-refractivity contribution in [1.29, 1.82) is 5.26 Å². The number of hydrogen-bond acceptors (Lipinski definition) is 4. The zero-order valence-corrected chi connectivity index (χ0v) is 30.0. The normalized spacial score (nSPS) is 22.9. The zero-order chi connectivity index (χ0) is 35.8. The number of rotatable bonds is 5.